The van der Waals surface area contributed by atoms with Crippen LogP contribution in [0.5, 0.6) is 0 Å². The predicted molar refractivity (Wildman–Crippen MR) is 77.8 cm³/mol. The smallest absolute Gasteiger partial charge is 0.272 e. The predicted octanol–water partition coefficient (Wildman–Crippen LogP) is 2.66. The molecule has 0 aromatic carbocycles. The second kappa shape index (κ2) is 5.05. The number of carbonyl (C=O) groups excluding carboxylic acids is 1. The van der Waals surface area contributed by atoms with Crippen LogP contribution in [0, 0.1) is 0 Å². The number of rotatable bonds is 3. The Hall–Kier alpha value is -2.21. The number of hydrogen-bond donors (Lipinski definition) is 1. The number of nitrogens with one attached hydrogen (secondary N) is 1. The minimum Gasteiger partial charge on any atom is -0.379 e. The maximum atomic E-state index is 12.3. The van der Waals surface area contributed by atoms with Crippen LogP contribution in [0.25, 0.3) is 0 Å². The van der Waals surface area contributed by atoms with Crippen molar-refractivity contribution < 1.29 is 9.63 Å². The Morgan fingerprint density at radius 1 is 1.40 bits per heavy atom. The fourth-order valence-corrected chi connectivity index (χ4v) is 2.63. The summed E-state index contributed by atoms with van der Waals surface area (Å²) in [5, 5.41) is 8.76. The third-order valence-electron chi connectivity index (χ3n) is 3.05. The van der Waals surface area contributed by atoms with E-state index in [1.165, 1.54) is 0 Å². The maximum absolute atomic E-state index is 12.3. The number of aromatic nitrogens is 1. The summed E-state index contributed by atoms with van der Waals surface area (Å²) in [6, 6.07) is 9.26. The number of anilines is 1. The minimum atomic E-state index is -0.989. The first-order chi connectivity index (χ1) is 9.67. The van der Waals surface area contributed by atoms with Gasteiger partial charge in [-0.3, -0.25) is 4.79 Å². The number of oxime groups is 1. The fraction of sp³-hybridized carbons (Fsp3) is 0.214. The highest BCUT2D eigenvalue weighted by atomic mass is 32.1. The summed E-state index contributed by atoms with van der Waals surface area (Å²) in [6.07, 6.45) is 2.08. The van der Waals surface area contributed by atoms with Crippen LogP contribution in [0.2, 0.25) is 0 Å². The molecular formula is C14H13N3O2S. The molecule has 1 N–H and O–H groups in total. The molecule has 0 saturated heterocycles. The zero-order valence-corrected chi connectivity index (χ0v) is 11.7. The molecule has 0 saturated carbocycles. The lowest BCUT2D eigenvalue weighted by molar-refractivity contribution is -0.135. The van der Waals surface area contributed by atoms with Crippen molar-refractivity contribution in [3.05, 3.63) is 46.8 Å². The van der Waals surface area contributed by atoms with Crippen LogP contribution in [0.1, 0.15) is 18.2 Å². The summed E-state index contributed by atoms with van der Waals surface area (Å²) in [7, 11) is 0. The Bertz CT molecular complexity index is 640. The summed E-state index contributed by atoms with van der Waals surface area (Å²) < 4.78 is 0. The number of hydrogen-bond acceptors (Lipinski definition) is 5. The van der Waals surface area contributed by atoms with Crippen molar-refractivity contribution in [3.8, 4) is 0 Å². The van der Waals surface area contributed by atoms with E-state index in [2.05, 4.69) is 15.5 Å². The fourth-order valence-electron chi connectivity index (χ4n) is 1.92. The second-order valence-corrected chi connectivity index (χ2v) is 5.63. The van der Waals surface area contributed by atoms with E-state index in [0.29, 0.717) is 12.2 Å². The Labute approximate surface area is 120 Å². The molecule has 2 aromatic heterocycles. The molecule has 1 unspecified atom stereocenters. The molecule has 0 aliphatic carbocycles. The van der Waals surface area contributed by atoms with Gasteiger partial charge in [0.25, 0.3) is 5.91 Å². The average molecular weight is 287 g/mol. The summed E-state index contributed by atoms with van der Waals surface area (Å²) in [4.78, 5) is 22.8. The molecule has 2 aromatic rings. The van der Waals surface area contributed by atoms with Crippen LogP contribution in [0.3, 0.4) is 0 Å². The van der Waals surface area contributed by atoms with Gasteiger partial charge in [-0.25, -0.2) is 4.98 Å². The number of amides is 1. The van der Waals surface area contributed by atoms with Gasteiger partial charge in [0.2, 0.25) is 5.60 Å². The molecular weight excluding hydrogens is 274 g/mol. The summed E-state index contributed by atoms with van der Waals surface area (Å²) >= 11 is 1.58. The molecule has 1 amide bonds. The van der Waals surface area contributed by atoms with Crippen LogP contribution >= 0.6 is 11.3 Å². The van der Waals surface area contributed by atoms with Crippen LogP contribution in [0.15, 0.2) is 47.1 Å². The molecule has 20 heavy (non-hydrogen) atoms. The van der Waals surface area contributed by atoms with E-state index in [9.17, 15) is 4.79 Å². The van der Waals surface area contributed by atoms with E-state index in [1.807, 2.05) is 23.6 Å². The van der Waals surface area contributed by atoms with Gasteiger partial charge >= 0.3 is 0 Å². The number of carbonyl (C=O) groups is 1. The van der Waals surface area contributed by atoms with Crippen molar-refractivity contribution in [1.29, 1.82) is 0 Å². The van der Waals surface area contributed by atoms with Gasteiger partial charge < -0.3 is 10.2 Å². The zero-order chi connectivity index (χ0) is 14.0. The largest absolute Gasteiger partial charge is 0.379 e. The van der Waals surface area contributed by atoms with Gasteiger partial charge in [0.1, 0.15) is 11.5 Å². The third-order valence-corrected chi connectivity index (χ3v) is 3.97. The Morgan fingerprint density at radius 3 is 3.00 bits per heavy atom. The van der Waals surface area contributed by atoms with Gasteiger partial charge in [0.05, 0.1) is 4.88 Å². The van der Waals surface area contributed by atoms with Gasteiger partial charge in [0.15, 0.2) is 0 Å². The van der Waals surface area contributed by atoms with E-state index in [4.69, 9.17) is 4.84 Å². The molecule has 1 aliphatic heterocycles. The van der Waals surface area contributed by atoms with Gasteiger partial charge in [-0.05, 0) is 30.5 Å². The molecule has 0 spiro atoms. The molecule has 1 aliphatic rings. The van der Waals surface area contributed by atoms with E-state index < -0.39 is 5.60 Å². The third kappa shape index (κ3) is 2.42. The van der Waals surface area contributed by atoms with E-state index in [1.54, 1.807) is 36.6 Å². The highest BCUT2D eigenvalue weighted by molar-refractivity contribution is 7.12. The Balaban J connectivity index is 1.70. The van der Waals surface area contributed by atoms with Gasteiger partial charge in [-0.15, -0.1) is 11.3 Å². The topological polar surface area (TPSA) is 63.6 Å². The number of nitrogens with zero attached hydrogens (tertiary/aromatic N) is 2. The molecule has 102 valence electrons. The number of thiophene rings is 1. The monoisotopic (exact) mass is 287 g/mol. The van der Waals surface area contributed by atoms with Crippen LogP contribution in [-0.4, -0.2) is 22.2 Å². The first-order valence-corrected chi connectivity index (χ1v) is 7.07. The Morgan fingerprint density at radius 2 is 2.30 bits per heavy atom. The highest BCUT2D eigenvalue weighted by Crippen LogP contribution is 2.29. The van der Waals surface area contributed by atoms with E-state index in [-0.39, 0.29) is 5.91 Å². The van der Waals surface area contributed by atoms with Crippen molar-refractivity contribution in [2.24, 2.45) is 5.16 Å². The summed E-state index contributed by atoms with van der Waals surface area (Å²) in [5.74, 6) is 0.262. The first-order valence-electron chi connectivity index (χ1n) is 6.19. The van der Waals surface area contributed by atoms with Crippen molar-refractivity contribution in [3.63, 3.8) is 0 Å². The molecule has 0 bridgehead atoms. The van der Waals surface area contributed by atoms with Gasteiger partial charge in [-0.2, -0.15) is 0 Å². The number of pyridine rings is 1. The van der Waals surface area contributed by atoms with Crippen molar-refractivity contribution in [2.75, 3.05) is 5.32 Å². The summed E-state index contributed by atoms with van der Waals surface area (Å²) in [5.41, 5.74) is -0.185. The lowest BCUT2D eigenvalue weighted by atomic mass is 9.98. The molecule has 0 radical (unpaired) electrons. The van der Waals surface area contributed by atoms with E-state index >= 15 is 0 Å². The summed E-state index contributed by atoms with van der Waals surface area (Å²) in [6.45, 7) is 1.73. The standard InChI is InChI=1S/C14H13N3O2S/c1-14(13(18)16-12-6-2-3-7-15-12)9-10(17-19-14)11-5-4-8-20-11/h2-8H,9H2,1H3,(H,15,16,18). The zero-order valence-electron chi connectivity index (χ0n) is 10.9. The maximum Gasteiger partial charge on any atom is 0.272 e. The van der Waals surface area contributed by atoms with Crippen LogP contribution in [0.4, 0.5) is 5.82 Å². The second-order valence-electron chi connectivity index (χ2n) is 4.68. The SMILES string of the molecule is CC1(C(=O)Nc2ccccn2)CC(c2cccs2)=NO1. The van der Waals surface area contributed by atoms with E-state index in [0.717, 1.165) is 10.6 Å². The lowest BCUT2D eigenvalue weighted by Gasteiger charge is -2.19. The molecule has 3 rings (SSSR count). The van der Waals surface area contributed by atoms with Gasteiger partial charge in [-0.1, -0.05) is 17.3 Å². The average Bonchev–Trinajstić information content (AvgIpc) is 3.09. The molecule has 3 heterocycles. The van der Waals surface area contributed by atoms with Crippen LogP contribution in [-0.2, 0) is 9.63 Å². The van der Waals surface area contributed by atoms with Gasteiger partial charge in [0, 0.05) is 12.6 Å². The molecule has 1 atom stereocenters. The molecule has 0 fully saturated rings. The quantitative estimate of drug-likeness (QED) is 0.944. The first kappa shape index (κ1) is 12.8. The highest BCUT2D eigenvalue weighted by Gasteiger charge is 2.42. The van der Waals surface area contributed by atoms with Crippen molar-refractivity contribution >= 4 is 28.8 Å². The van der Waals surface area contributed by atoms with Crippen LogP contribution < -0.4 is 5.32 Å². The van der Waals surface area contributed by atoms with Crippen molar-refractivity contribution in [2.45, 2.75) is 18.9 Å². The molecule has 5 nitrogen and oxygen atoms in total. The minimum absolute atomic E-state index is 0.244. The van der Waals surface area contributed by atoms with Crippen molar-refractivity contribution in [1.82, 2.24) is 4.98 Å². The normalized spacial score (nSPS) is 21.1. The Kier molecular flexibility index (Phi) is 3.23. The molecule has 6 heteroatoms. The lowest BCUT2D eigenvalue weighted by Crippen LogP contribution is -2.40.